The molecule has 1 aliphatic rings. The van der Waals surface area contributed by atoms with Crippen LogP contribution < -0.4 is 4.72 Å². The molecule has 3 aromatic rings. The fourth-order valence-electron chi connectivity index (χ4n) is 3.29. The molecule has 136 valence electrons. The van der Waals surface area contributed by atoms with Crippen molar-refractivity contribution >= 4 is 31.8 Å². The topological polar surface area (TPSA) is 62.3 Å². The van der Waals surface area contributed by atoms with Crippen molar-refractivity contribution in [3.63, 3.8) is 0 Å². The van der Waals surface area contributed by atoms with Crippen LogP contribution >= 0.6 is 11.3 Å². The Morgan fingerprint density at radius 1 is 1.12 bits per heavy atom. The fourth-order valence-corrected chi connectivity index (χ4v) is 5.66. The number of rotatable bonds is 5. The van der Waals surface area contributed by atoms with Gasteiger partial charge in [-0.2, -0.15) is 17.4 Å². The summed E-state index contributed by atoms with van der Waals surface area (Å²) in [7, 11) is -3.49. The maximum atomic E-state index is 12.7. The molecule has 2 aromatic carbocycles. The van der Waals surface area contributed by atoms with Crippen molar-refractivity contribution in [3.8, 4) is 0 Å². The van der Waals surface area contributed by atoms with Gasteiger partial charge in [-0.1, -0.05) is 42.5 Å². The molecule has 1 saturated heterocycles. The molecule has 0 bridgehead atoms. The van der Waals surface area contributed by atoms with Crippen molar-refractivity contribution in [3.05, 3.63) is 65.2 Å². The van der Waals surface area contributed by atoms with E-state index >= 15 is 0 Å². The summed E-state index contributed by atoms with van der Waals surface area (Å²) < 4.78 is 30.9. The molecule has 0 unspecified atom stereocenters. The highest BCUT2D eigenvalue weighted by Crippen LogP contribution is 2.33. The van der Waals surface area contributed by atoms with Gasteiger partial charge in [0.2, 0.25) is 0 Å². The number of nitrogens with one attached hydrogen (secondary N) is 1. The van der Waals surface area contributed by atoms with E-state index in [1.807, 2.05) is 48.5 Å². The van der Waals surface area contributed by atoms with Gasteiger partial charge in [-0.3, -0.25) is 0 Å². The van der Waals surface area contributed by atoms with E-state index in [2.05, 4.69) is 10.8 Å². The standard InChI is InChI=1S/C19H21N3O2S2/c23-26(24,20-13-15-7-2-1-3-8-15)22-12-6-9-16(14-22)19-21-17-10-4-5-11-18(17)25-19/h1-5,7-8,10-11,16,20H,6,9,12-14H2/t16-/m0/s1. The van der Waals surface area contributed by atoms with Crippen LogP contribution in [0.5, 0.6) is 0 Å². The third kappa shape index (κ3) is 3.81. The van der Waals surface area contributed by atoms with Gasteiger partial charge in [-0.05, 0) is 30.5 Å². The maximum absolute atomic E-state index is 12.7. The van der Waals surface area contributed by atoms with E-state index in [9.17, 15) is 8.42 Å². The predicted molar refractivity (Wildman–Crippen MR) is 105 cm³/mol. The first-order chi connectivity index (χ1) is 12.6. The summed E-state index contributed by atoms with van der Waals surface area (Å²) in [5, 5.41) is 1.04. The van der Waals surface area contributed by atoms with Crippen LogP contribution in [0.3, 0.4) is 0 Å². The quantitative estimate of drug-likeness (QED) is 0.729. The smallest absolute Gasteiger partial charge is 0.241 e. The number of hydrogen-bond donors (Lipinski definition) is 1. The van der Waals surface area contributed by atoms with Gasteiger partial charge in [0, 0.05) is 25.6 Å². The normalized spacial score (nSPS) is 19.0. The highest BCUT2D eigenvalue weighted by Gasteiger charge is 2.30. The first-order valence-corrected chi connectivity index (χ1v) is 11.0. The van der Waals surface area contributed by atoms with Crippen LogP contribution in [0.2, 0.25) is 0 Å². The molecule has 26 heavy (non-hydrogen) atoms. The number of fused-ring (bicyclic) bond motifs is 1. The third-order valence-corrected chi connectivity index (χ3v) is 7.40. The Kier molecular flexibility index (Phi) is 5.04. The van der Waals surface area contributed by atoms with E-state index in [1.54, 1.807) is 15.6 Å². The maximum Gasteiger partial charge on any atom is 0.279 e. The predicted octanol–water partition coefficient (Wildman–Crippen LogP) is 3.51. The van der Waals surface area contributed by atoms with E-state index < -0.39 is 10.2 Å². The van der Waals surface area contributed by atoms with Gasteiger partial charge in [0.25, 0.3) is 10.2 Å². The van der Waals surface area contributed by atoms with Gasteiger partial charge < -0.3 is 0 Å². The number of piperidine rings is 1. The summed E-state index contributed by atoms with van der Waals surface area (Å²) in [5.41, 5.74) is 1.95. The van der Waals surface area contributed by atoms with Crippen molar-refractivity contribution in [2.75, 3.05) is 13.1 Å². The van der Waals surface area contributed by atoms with Crippen LogP contribution in [-0.4, -0.2) is 30.8 Å². The van der Waals surface area contributed by atoms with Gasteiger partial charge >= 0.3 is 0 Å². The average molecular weight is 388 g/mol. The molecule has 0 amide bonds. The lowest BCUT2D eigenvalue weighted by molar-refractivity contribution is 0.311. The molecule has 4 rings (SSSR count). The van der Waals surface area contributed by atoms with Crippen LogP contribution in [0.1, 0.15) is 29.3 Å². The van der Waals surface area contributed by atoms with Crippen LogP contribution in [0.15, 0.2) is 54.6 Å². The minimum absolute atomic E-state index is 0.162. The van der Waals surface area contributed by atoms with Gasteiger partial charge in [0.15, 0.2) is 0 Å². The van der Waals surface area contributed by atoms with Crippen LogP contribution in [0.25, 0.3) is 10.2 Å². The molecule has 1 fully saturated rings. The van der Waals surface area contributed by atoms with E-state index in [1.165, 1.54) is 0 Å². The van der Waals surface area contributed by atoms with Crippen molar-refractivity contribution in [1.82, 2.24) is 14.0 Å². The summed E-state index contributed by atoms with van der Waals surface area (Å²) in [6, 6.07) is 17.6. The molecule has 2 heterocycles. The van der Waals surface area contributed by atoms with Gasteiger partial charge in [0.1, 0.15) is 0 Å². The third-order valence-electron chi connectivity index (χ3n) is 4.69. The highest BCUT2D eigenvalue weighted by atomic mass is 32.2. The molecule has 7 heteroatoms. The lowest BCUT2D eigenvalue weighted by Gasteiger charge is -2.30. The Balaban J connectivity index is 1.47. The van der Waals surface area contributed by atoms with Crippen molar-refractivity contribution < 1.29 is 8.42 Å². The summed E-state index contributed by atoms with van der Waals surface area (Å²) in [4.78, 5) is 4.72. The Bertz CT molecular complexity index is 953. The Labute approximate surface area is 157 Å². The zero-order chi connectivity index (χ0) is 18.0. The first kappa shape index (κ1) is 17.6. The molecule has 1 aliphatic heterocycles. The van der Waals surface area contributed by atoms with Crippen LogP contribution in [0, 0.1) is 0 Å². The van der Waals surface area contributed by atoms with Crippen molar-refractivity contribution in [1.29, 1.82) is 0 Å². The van der Waals surface area contributed by atoms with Crippen molar-refractivity contribution in [2.24, 2.45) is 0 Å². The van der Waals surface area contributed by atoms with E-state index in [0.717, 1.165) is 33.6 Å². The number of para-hydroxylation sites is 1. The molecule has 5 nitrogen and oxygen atoms in total. The van der Waals surface area contributed by atoms with Crippen molar-refractivity contribution in [2.45, 2.75) is 25.3 Å². The molecule has 0 radical (unpaired) electrons. The minimum atomic E-state index is -3.49. The number of aromatic nitrogens is 1. The summed E-state index contributed by atoms with van der Waals surface area (Å²) in [5.74, 6) is 0.162. The minimum Gasteiger partial charge on any atom is -0.241 e. The van der Waals surface area contributed by atoms with E-state index in [0.29, 0.717) is 19.6 Å². The largest absolute Gasteiger partial charge is 0.279 e. The first-order valence-electron chi connectivity index (χ1n) is 8.76. The molecule has 1 aromatic heterocycles. The highest BCUT2D eigenvalue weighted by molar-refractivity contribution is 7.87. The lowest BCUT2D eigenvalue weighted by atomic mass is 10.0. The zero-order valence-corrected chi connectivity index (χ0v) is 16.0. The number of benzene rings is 2. The molecule has 1 atom stereocenters. The second kappa shape index (κ2) is 7.44. The Morgan fingerprint density at radius 2 is 1.88 bits per heavy atom. The lowest BCUT2D eigenvalue weighted by Crippen LogP contribution is -2.45. The average Bonchev–Trinajstić information content (AvgIpc) is 3.12. The molecular formula is C19H21N3O2S2. The van der Waals surface area contributed by atoms with E-state index in [-0.39, 0.29) is 5.92 Å². The molecule has 0 saturated carbocycles. The zero-order valence-electron chi connectivity index (χ0n) is 14.3. The number of nitrogens with zero attached hydrogens (tertiary/aromatic N) is 2. The van der Waals surface area contributed by atoms with E-state index in [4.69, 9.17) is 4.98 Å². The second-order valence-electron chi connectivity index (χ2n) is 6.53. The molecule has 1 N–H and O–H groups in total. The van der Waals surface area contributed by atoms with Gasteiger partial charge in [0.05, 0.1) is 15.2 Å². The monoisotopic (exact) mass is 387 g/mol. The second-order valence-corrected chi connectivity index (χ2v) is 9.35. The Morgan fingerprint density at radius 3 is 2.69 bits per heavy atom. The fraction of sp³-hybridized carbons (Fsp3) is 0.316. The van der Waals surface area contributed by atoms with Crippen LogP contribution in [0.4, 0.5) is 0 Å². The molecular weight excluding hydrogens is 366 g/mol. The number of hydrogen-bond acceptors (Lipinski definition) is 4. The van der Waals surface area contributed by atoms with Gasteiger partial charge in [-0.25, -0.2) is 4.98 Å². The summed E-state index contributed by atoms with van der Waals surface area (Å²) in [6.45, 7) is 1.36. The molecule has 0 aliphatic carbocycles. The number of thiazole rings is 1. The summed E-state index contributed by atoms with van der Waals surface area (Å²) >= 11 is 1.67. The van der Waals surface area contributed by atoms with Gasteiger partial charge in [-0.15, -0.1) is 11.3 Å². The molecule has 0 spiro atoms. The summed E-state index contributed by atoms with van der Waals surface area (Å²) in [6.07, 6.45) is 1.83. The SMILES string of the molecule is O=S(=O)(NCc1ccccc1)N1CCC[C@H](c2nc3ccccc3s2)C1. The van der Waals surface area contributed by atoms with Crippen LogP contribution in [-0.2, 0) is 16.8 Å². The Hall–Kier alpha value is -1.80.